The third-order valence-electron chi connectivity index (χ3n) is 8.16. The Morgan fingerprint density at radius 1 is 1.18 bits per heavy atom. The van der Waals surface area contributed by atoms with Gasteiger partial charge in [0.25, 0.3) is 0 Å². The first-order valence-corrected chi connectivity index (χ1v) is 15.6. The fourth-order valence-electron chi connectivity index (χ4n) is 5.89. The minimum absolute atomic E-state index is 0.0878. The van der Waals surface area contributed by atoms with Crippen LogP contribution in [-0.4, -0.2) is 82.5 Å². The van der Waals surface area contributed by atoms with Gasteiger partial charge in [0.15, 0.2) is 0 Å². The van der Waals surface area contributed by atoms with Gasteiger partial charge >= 0.3 is 0 Å². The summed E-state index contributed by atoms with van der Waals surface area (Å²) in [5.74, 6) is 1.51. The summed E-state index contributed by atoms with van der Waals surface area (Å²) in [4.78, 5) is 20.1. The van der Waals surface area contributed by atoms with Gasteiger partial charge in [0.2, 0.25) is 11.8 Å². The zero-order valence-corrected chi connectivity index (χ0v) is 26.8. The summed E-state index contributed by atoms with van der Waals surface area (Å²) in [6, 6.07) is 9.97. The molecule has 236 valence electrons. The molecular formula is C34H45FN6O3. The number of aromatic nitrogens is 3. The van der Waals surface area contributed by atoms with Gasteiger partial charge in [-0.15, -0.1) is 0 Å². The van der Waals surface area contributed by atoms with Crippen LogP contribution in [0, 0.1) is 0 Å². The number of amides is 1. The van der Waals surface area contributed by atoms with E-state index in [0.717, 1.165) is 64.9 Å². The number of ether oxygens (including phenoxy) is 1. The highest BCUT2D eigenvalue weighted by atomic mass is 19.1. The molecule has 0 spiro atoms. The number of furan rings is 1. The predicted molar refractivity (Wildman–Crippen MR) is 171 cm³/mol. The zero-order valence-electron chi connectivity index (χ0n) is 26.8. The highest BCUT2D eigenvalue weighted by Crippen LogP contribution is 2.44. The molecular weight excluding hydrogens is 559 g/mol. The highest BCUT2D eigenvalue weighted by Gasteiger charge is 2.40. The number of fused-ring (bicyclic) bond motifs is 3. The van der Waals surface area contributed by atoms with Crippen LogP contribution in [0.15, 0.2) is 53.3 Å². The van der Waals surface area contributed by atoms with Crippen LogP contribution in [0.1, 0.15) is 63.5 Å². The van der Waals surface area contributed by atoms with Gasteiger partial charge in [-0.05, 0) is 70.3 Å². The van der Waals surface area contributed by atoms with Crippen molar-refractivity contribution in [2.45, 2.75) is 71.3 Å². The van der Waals surface area contributed by atoms with Crippen molar-refractivity contribution >= 4 is 16.9 Å². The van der Waals surface area contributed by atoms with E-state index in [1.54, 1.807) is 32.8 Å². The van der Waals surface area contributed by atoms with E-state index in [4.69, 9.17) is 9.15 Å². The van der Waals surface area contributed by atoms with E-state index in [-0.39, 0.29) is 24.5 Å². The fourth-order valence-corrected chi connectivity index (χ4v) is 5.89. The molecule has 1 N–H and O–H groups in total. The van der Waals surface area contributed by atoms with E-state index in [2.05, 4.69) is 52.5 Å². The van der Waals surface area contributed by atoms with Crippen LogP contribution < -0.4 is 10.1 Å². The van der Waals surface area contributed by atoms with Crippen LogP contribution in [0.25, 0.3) is 22.1 Å². The number of nitrogens with one attached hydrogen (secondary N) is 1. The number of benzene rings is 1. The van der Waals surface area contributed by atoms with Crippen LogP contribution in [0.5, 0.6) is 5.88 Å². The van der Waals surface area contributed by atoms with Crippen molar-refractivity contribution in [3.05, 3.63) is 65.8 Å². The van der Waals surface area contributed by atoms with Crippen LogP contribution in [0.3, 0.4) is 0 Å². The number of hydrogen-bond donors (Lipinski definition) is 1. The molecule has 1 aromatic carbocycles. The van der Waals surface area contributed by atoms with E-state index in [1.165, 1.54) is 0 Å². The maximum absolute atomic E-state index is 15.1. The average Bonchev–Trinajstić information content (AvgIpc) is 3.61. The molecule has 10 heteroatoms. The Balaban J connectivity index is 1.34. The topological polar surface area (TPSA) is 88.7 Å². The van der Waals surface area contributed by atoms with E-state index < -0.39 is 5.67 Å². The summed E-state index contributed by atoms with van der Waals surface area (Å²) < 4.78 is 29.5. The lowest BCUT2D eigenvalue weighted by Gasteiger charge is -2.41. The van der Waals surface area contributed by atoms with Crippen molar-refractivity contribution in [3.63, 3.8) is 0 Å². The molecule has 2 unspecified atom stereocenters. The molecule has 44 heavy (non-hydrogen) atoms. The summed E-state index contributed by atoms with van der Waals surface area (Å²) in [6.07, 6.45) is 7.84. The standard InChI is InChI=1S/C34H45FN6O3/c1-7-40-21-26(20-38-40)24-10-12-29-27(18-24)28-17-23(2)41(22-34(3,4)35)32(33(28)44-29)25-11-13-30(37-19-25)43-16-15-36-14-8-9-31(42)39(5)6/h10-13,18-21,23,32,36H,7-9,14-17,22H2,1-6H3. The van der Waals surface area contributed by atoms with Gasteiger partial charge in [-0.3, -0.25) is 14.4 Å². The van der Waals surface area contributed by atoms with Gasteiger partial charge < -0.3 is 19.4 Å². The lowest BCUT2D eigenvalue weighted by Crippen LogP contribution is -2.47. The number of alkyl halides is 1. The van der Waals surface area contributed by atoms with Crippen molar-refractivity contribution in [3.8, 4) is 17.0 Å². The number of hydrogen-bond acceptors (Lipinski definition) is 7. The van der Waals surface area contributed by atoms with Crippen molar-refractivity contribution in [2.75, 3.05) is 40.3 Å². The number of aryl methyl sites for hydroxylation is 1. The quantitative estimate of drug-likeness (QED) is 0.198. The number of pyridine rings is 1. The Bertz CT molecular complexity index is 1560. The SMILES string of the molecule is CCn1cc(-c2ccc3oc4c(c3c2)CC(C)N(CC(C)(C)F)C4c2ccc(OCCNCCCC(=O)N(C)C)nc2)cn1. The Morgan fingerprint density at radius 2 is 2.00 bits per heavy atom. The Labute approximate surface area is 259 Å². The monoisotopic (exact) mass is 604 g/mol. The lowest BCUT2D eigenvalue weighted by molar-refractivity contribution is -0.128. The average molecular weight is 605 g/mol. The highest BCUT2D eigenvalue weighted by molar-refractivity contribution is 5.87. The Hall–Kier alpha value is -3.76. The van der Waals surface area contributed by atoms with Crippen molar-refractivity contribution in [2.24, 2.45) is 0 Å². The number of nitrogens with zero attached hydrogens (tertiary/aromatic N) is 5. The fraction of sp³-hybridized carbons (Fsp3) is 0.500. The normalized spacial score (nSPS) is 17.2. The number of carbonyl (C=O) groups excluding carboxylic acids is 1. The minimum Gasteiger partial charge on any atom is -0.476 e. The predicted octanol–water partition coefficient (Wildman–Crippen LogP) is 5.63. The van der Waals surface area contributed by atoms with Gasteiger partial charge in [0.05, 0.1) is 12.2 Å². The molecule has 1 aliphatic rings. The second-order valence-corrected chi connectivity index (χ2v) is 12.5. The van der Waals surface area contributed by atoms with Gasteiger partial charge in [-0.2, -0.15) is 5.10 Å². The maximum Gasteiger partial charge on any atom is 0.222 e. The molecule has 0 radical (unpaired) electrons. The zero-order chi connectivity index (χ0) is 31.4. The molecule has 0 bridgehead atoms. The first kappa shape index (κ1) is 31.7. The van der Waals surface area contributed by atoms with Crippen LogP contribution >= 0.6 is 0 Å². The van der Waals surface area contributed by atoms with Gasteiger partial charge in [0, 0.05) is 81.2 Å². The molecule has 0 saturated carbocycles. The van der Waals surface area contributed by atoms with Crippen LogP contribution in [0.4, 0.5) is 4.39 Å². The first-order valence-electron chi connectivity index (χ1n) is 15.6. The van der Waals surface area contributed by atoms with Gasteiger partial charge in [-0.25, -0.2) is 9.37 Å². The van der Waals surface area contributed by atoms with Crippen LogP contribution in [-0.2, 0) is 17.8 Å². The second kappa shape index (κ2) is 13.5. The maximum atomic E-state index is 15.1. The molecule has 4 heterocycles. The molecule has 0 saturated heterocycles. The largest absolute Gasteiger partial charge is 0.476 e. The summed E-state index contributed by atoms with van der Waals surface area (Å²) in [7, 11) is 3.54. The molecule has 0 aliphatic carbocycles. The molecule has 1 aliphatic heterocycles. The second-order valence-electron chi connectivity index (χ2n) is 12.5. The minimum atomic E-state index is -1.38. The van der Waals surface area contributed by atoms with Crippen LogP contribution in [0.2, 0.25) is 0 Å². The van der Waals surface area contributed by atoms with E-state index in [9.17, 15) is 4.79 Å². The summed E-state index contributed by atoms with van der Waals surface area (Å²) in [5.41, 5.74) is 3.70. The van der Waals surface area contributed by atoms with E-state index in [1.807, 2.05) is 35.3 Å². The number of halogens is 1. The van der Waals surface area contributed by atoms with Crippen molar-refractivity contribution in [1.29, 1.82) is 0 Å². The molecule has 0 fully saturated rings. The third kappa shape index (κ3) is 7.30. The van der Waals surface area contributed by atoms with Crippen molar-refractivity contribution in [1.82, 2.24) is 29.9 Å². The van der Waals surface area contributed by atoms with E-state index >= 15 is 4.39 Å². The lowest BCUT2D eigenvalue weighted by atomic mass is 9.88. The number of carbonyl (C=O) groups is 1. The Morgan fingerprint density at radius 3 is 2.68 bits per heavy atom. The molecule has 5 rings (SSSR count). The molecule has 4 aromatic rings. The summed E-state index contributed by atoms with van der Waals surface area (Å²) >= 11 is 0. The summed E-state index contributed by atoms with van der Waals surface area (Å²) in [6.45, 7) is 10.4. The summed E-state index contributed by atoms with van der Waals surface area (Å²) in [5, 5.41) is 8.84. The number of rotatable bonds is 13. The smallest absolute Gasteiger partial charge is 0.222 e. The van der Waals surface area contributed by atoms with Gasteiger partial charge in [-0.1, -0.05) is 12.1 Å². The van der Waals surface area contributed by atoms with Crippen molar-refractivity contribution < 1.29 is 18.3 Å². The van der Waals surface area contributed by atoms with E-state index in [0.29, 0.717) is 25.5 Å². The molecule has 9 nitrogen and oxygen atoms in total. The third-order valence-corrected chi connectivity index (χ3v) is 8.16. The Kier molecular flexibility index (Phi) is 9.70. The molecule has 2 atom stereocenters. The first-order chi connectivity index (χ1) is 21.0. The molecule has 3 aromatic heterocycles. The molecule has 1 amide bonds. The van der Waals surface area contributed by atoms with Gasteiger partial charge in [0.1, 0.15) is 23.6 Å².